The van der Waals surface area contributed by atoms with Crippen LogP contribution in [0.2, 0.25) is 0 Å². The van der Waals surface area contributed by atoms with Crippen molar-refractivity contribution in [2.75, 3.05) is 19.8 Å². The molecule has 1 heterocycles. The van der Waals surface area contributed by atoms with E-state index in [1.807, 2.05) is 0 Å². The molecule has 6 heteroatoms. The van der Waals surface area contributed by atoms with Gasteiger partial charge in [-0.25, -0.2) is 0 Å². The van der Waals surface area contributed by atoms with Gasteiger partial charge in [0, 0.05) is 0 Å². The molecule has 1 aromatic rings. The molecular formula is C20H37N3O3. The van der Waals surface area contributed by atoms with Crippen molar-refractivity contribution in [1.82, 2.24) is 15.0 Å². The Bertz CT molecular complexity index is 495. The minimum absolute atomic E-state index is 0.276. The molecular weight excluding hydrogens is 330 g/mol. The lowest BCUT2D eigenvalue weighted by Gasteiger charge is -2.12. The third-order valence-electron chi connectivity index (χ3n) is 4.20. The lowest BCUT2D eigenvalue weighted by Crippen LogP contribution is -2.11. The topological polar surface area (TPSA) is 66.4 Å². The predicted molar refractivity (Wildman–Crippen MR) is 104 cm³/mol. The van der Waals surface area contributed by atoms with Crippen LogP contribution in [0.3, 0.4) is 0 Å². The summed E-state index contributed by atoms with van der Waals surface area (Å²) in [6.07, 6.45) is 5.13. The summed E-state index contributed by atoms with van der Waals surface area (Å²) in [5.41, 5.74) is 0. The van der Waals surface area contributed by atoms with Gasteiger partial charge in [0.05, 0.1) is 19.8 Å². The highest BCUT2D eigenvalue weighted by Gasteiger charge is 2.11. The summed E-state index contributed by atoms with van der Waals surface area (Å²) in [5.74, 6) is 1.84. The fraction of sp³-hybridized carbons (Fsp3) is 0.850. The molecule has 1 atom stereocenters. The first kappa shape index (κ1) is 22.5. The van der Waals surface area contributed by atoms with E-state index in [2.05, 4.69) is 56.5 Å². The van der Waals surface area contributed by atoms with E-state index < -0.39 is 0 Å². The Hall–Kier alpha value is -1.59. The molecule has 0 amide bonds. The molecule has 0 fully saturated rings. The third-order valence-corrected chi connectivity index (χ3v) is 4.20. The van der Waals surface area contributed by atoms with Gasteiger partial charge >= 0.3 is 18.0 Å². The van der Waals surface area contributed by atoms with E-state index in [1.54, 1.807) is 0 Å². The molecule has 0 aliphatic carbocycles. The zero-order chi connectivity index (χ0) is 19.4. The highest BCUT2D eigenvalue weighted by Crippen LogP contribution is 2.17. The maximum atomic E-state index is 5.71. The van der Waals surface area contributed by atoms with Crippen molar-refractivity contribution in [3.05, 3.63) is 0 Å². The van der Waals surface area contributed by atoms with E-state index in [1.165, 1.54) is 0 Å². The van der Waals surface area contributed by atoms with Gasteiger partial charge in [-0.15, -0.1) is 15.0 Å². The highest BCUT2D eigenvalue weighted by molar-refractivity contribution is 5.09. The van der Waals surface area contributed by atoms with E-state index in [9.17, 15) is 0 Å². The van der Waals surface area contributed by atoms with E-state index in [0.717, 1.165) is 32.1 Å². The Morgan fingerprint density at radius 3 is 1.58 bits per heavy atom. The van der Waals surface area contributed by atoms with Crippen LogP contribution in [-0.2, 0) is 0 Å². The Kier molecular flexibility index (Phi) is 11.0. The maximum Gasteiger partial charge on any atom is 0.325 e. The number of aromatic nitrogens is 3. The number of hydrogen-bond donors (Lipinski definition) is 0. The Morgan fingerprint density at radius 2 is 1.12 bits per heavy atom. The van der Waals surface area contributed by atoms with Gasteiger partial charge in [0.1, 0.15) is 0 Å². The van der Waals surface area contributed by atoms with Gasteiger partial charge < -0.3 is 14.2 Å². The standard InChI is InChI=1S/C20H37N3O3/c1-7-17(6)11-14-26-20-22-18(24-12-8-9-15(2)3)21-19(23-20)25-13-10-16(4)5/h15-17H,7-14H2,1-6H3. The van der Waals surface area contributed by atoms with Crippen LogP contribution in [0.1, 0.15) is 73.6 Å². The molecule has 1 aromatic heterocycles. The van der Waals surface area contributed by atoms with Crippen LogP contribution < -0.4 is 14.2 Å². The molecule has 0 bridgehead atoms. The van der Waals surface area contributed by atoms with Crippen LogP contribution in [0.25, 0.3) is 0 Å². The molecule has 0 aromatic carbocycles. The Morgan fingerprint density at radius 1 is 0.654 bits per heavy atom. The molecule has 1 unspecified atom stereocenters. The number of ether oxygens (including phenoxy) is 3. The Labute approximate surface area is 159 Å². The summed E-state index contributed by atoms with van der Waals surface area (Å²) >= 11 is 0. The first-order chi connectivity index (χ1) is 12.4. The largest absolute Gasteiger partial charge is 0.463 e. The summed E-state index contributed by atoms with van der Waals surface area (Å²) in [6, 6.07) is 0.835. The zero-order valence-electron chi connectivity index (χ0n) is 17.5. The minimum atomic E-state index is 0.276. The summed E-state index contributed by atoms with van der Waals surface area (Å²) in [5, 5.41) is 0. The van der Waals surface area contributed by atoms with Gasteiger partial charge in [0.15, 0.2) is 0 Å². The van der Waals surface area contributed by atoms with Crippen molar-refractivity contribution < 1.29 is 14.2 Å². The van der Waals surface area contributed by atoms with E-state index in [4.69, 9.17) is 14.2 Å². The molecule has 0 aliphatic rings. The van der Waals surface area contributed by atoms with Crippen molar-refractivity contribution >= 4 is 0 Å². The fourth-order valence-corrected chi connectivity index (χ4v) is 2.11. The van der Waals surface area contributed by atoms with Crippen LogP contribution in [0.4, 0.5) is 0 Å². The minimum Gasteiger partial charge on any atom is -0.463 e. The van der Waals surface area contributed by atoms with Crippen LogP contribution in [0, 0.1) is 17.8 Å². The van der Waals surface area contributed by atoms with Crippen LogP contribution in [0.5, 0.6) is 18.0 Å². The molecule has 6 nitrogen and oxygen atoms in total. The normalized spacial score (nSPS) is 12.5. The second-order valence-electron chi connectivity index (χ2n) is 7.75. The summed E-state index contributed by atoms with van der Waals surface area (Å²) in [6.45, 7) is 14.8. The van der Waals surface area contributed by atoms with Crippen molar-refractivity contribution in [3.8, 4) is 18.0 Å². The van der Waals surface area contributed by atoms with Gasteiger partial charge in [-0.05, 0) is 43.4 Å². The molecule has 0 N–H and O–H groups in total. The third kappa shape index (κ3) is 10.4. The van der Waals surface area contributed by atoms with Crippen molar-refractivity contribution in [2.24, 2.45) is 17.8 Å². The van der Waals surface area contributed by atoms with Crippen molar-refractivity contribution in [2.45, 2.75) is 73.6 Å². The molecule has 150 valence electrons. The zero-order valence-corrected chi connectivity index (χ0v) is 17.5. The smallest absolute Gasteiger partial charge is 0.325 e. The second-order valence-corrected chi connectivity index (χ2v) is 7.75. The van der Waals surface area contributed by atoms with Crippen molar-refractivity contribution in [1.29, 1.82) is 0 Å². The van der Waals surface area contributed by atoms with Gasteiger partial charge in [-0.3, -0.25) is 0 Å². The van der Waals surface area contributed by atoms with Gasteiger partial charge in [-0.2, -0.15) is 0 Å². The lowest BCUT2D eigenvalue weighted by atomic mass is 10.1. The number of nitrogens with zero attached hydrogens (tertiary/aromatic N) is 3. The first-order valence-electron chi connectivity index (χ1n) is 10.0. The monoisotopic (exact) mass is 367 g/mol. The SMILES string of the molecule is CCC(C)CCOc1nc(OCCCC(C)C)nc(OCCC(C)C)n1. The molecule has 0 spiro atoms. The van der Waals surface area contributed by atoms with E-state index >= 15 is 0 Å². The van der Waals surface area contributed by atoms with Crippen LogP contribution in [0.15, 0.2) is 0 Å². The van der Waals surface area contributed by atoms with Gasteiger partial charge in [0.25, 0.3) is 0 Å². The number of rotatable bonds is 14. The van der Waals surface area contributed by atoms with Gasteiger partial charge in [0.2, 0.25) is 0 Å². The quantitative estimate of drug-likeness (QED) is 0.435. The lowest BCUT2D eigenvalue weighted by molar-refractivity contribution is 0.218. The molecule has 1 rings (SSSR count). The molecule has 0 aliphatic heterocycles. The van der Waals surface area contributed by atoms with Crippen LogP contribution >= 0.6 is 0 Å². The average Bonchev–Trinajstić information content (AvgIpc) is 2.58. The molecule has 26 heavy (non-hydrogen) atoms. The summed E-state index contributed by atoms with van der Waals surface area (Å²) in [7, 11) is 0. The number of hydrogen-bond acceptors (Lipinski definition) is 6. The summed E-state index contributed by atoms with van der Waals surface area (Å²) in [4.78, 5) is 12.8. The molecule has 0 saturated carbocycles. The molecule has 0 saturated heterocycles. The first-order valence-corrected chi connectivity index (χ1v) is 10.0. The summed E-state index contributed by atoms with van der Waals surface area (Å²) < 4.78 is 17.1. The van der Waals surface area contributed by atoms with Crippen LogP contribution in [-0.4, -0.2) is 34.8 Å². The fourth-order valence-electron chi connectivity index (χ4n) is 2.11. The van der Waals surface area contributed by atoms with Crippen molar-refractivity contribution in [3.63, 3.8) is 0 Å². The second kappa shape index (κ2) is 12.7. The average molecular weight is 368 g/mol. The van der Waals surface area contributed by atoms with E-state index in [-0.39, 0.29) is 18.0 Å². The van der Waals surface area contributed by atoms with E-state index in [0.29, 0.717) is 37.6 Å². The Balaban J connectivity index is 2.64. The van der Waals surface area contributed by atoms with Gasteiger partial charge in [-0.1, -0.05) is 48.0 Å². The maximum absolute atomic E-state index is 5.71. The molecule has 0 radical (unpaired) electrons. The predicted octanol–water partition coefficient (Wildman–Crippen LogP) is 4.93. The highest BCUT2D eigenvalue weighted by atomic mass is 16.5.